The molecule has 0 spiro atoms. The highest BCUT2D eigenvalue weighted by Gasteiger charge is 2.25. The molecule has 21 heavy (non-hydrogen) atoms. The Bertz CT molecular complexity index is 637. The predicted molar refractivity (Wildman–Crippen MR) is 82.5 cm³/mol. The molecule has 1 aliphatic rings. The maximum Gasteiger partial charge on any atom is 0.233 e. The van der Waals surface area contributed by atoms with Crippen LogP contribution in [0.3, 0.4) is 0 Å². The molecular weight excluding hydrogens is 264 g/mol. The first-order chi connectivity index (χ1) is 10.3. The molecule has 2 aromatic rings. The van der Waals surface area contributed by atoms with Gasteiger partial charge in [0.05, 0.1) is 13.0 Å². The minimum atomic E-state index is -0.156. The van der Waals surface area contributed by atoms with E-state index in [1.165, 1.54) is 5.56 Å². The SMILES string of the molecule is COc1ccc(NC(=O)C2CNCc3ccccc32)cc1. The molecule has 4 heteroatoms. The van der Waals surface area contributed by atoms with Crippen LogP contribution in [0.4, 0.5) is 5.69 Å². The number of amides is 1. The van der Waals surface area contributed by atoms with Crippen molar-refractivity contribution in [2.75, 3.05) is 19.0 Å². The van der Waals surface area contributed by atoms with Crippen LogP contribution < -0.4 is 15.4 Å². The fraction of sp³-hybridized carbons (Fsp3) is 0.235. The number of ether oxygens (including phenoxy) is 1. The van der Waals surface area contributed by atoms with Crippen molar-refractivity contribution in [3.05, 3.63) is 59.7 Å². The first-order valence-corrected chi connectivity index (χ1v) is 7.01. The number of benzene rings is 2. The molecule has 1 heterocycles. The fourth-order valence-corrected chi connectivity index (χ4v) is 2.63. The van der Waals surface area contributed by atoms with Crippen LogP contribution in [0, 0.1) is 0 Å². The van der Waals surface area contributed by atoms with E-state index in [1.54, 1.807) is 7.11 Å². The number of carbonyl (C=O) groups is 1. The maximum atomic E-state index is 12.5. The van der Waals surface area contributed by atoms with Crippen LogP contribution in [0.5, 0.6) is 5.75 Å². The van der Waals surface area contributed by atoms with E-state index >= 15 is 0 Å². The van der Waals surface area contributed by atoms with Gasteiger partial charge in [0.2, 0.25) is 5.91 Å². The number of hydrogen-bond acceptors (Lipinski definition) is 3. The van der Waals surface area contributed by atoms with Gasteiger partial charge in [0.15, 0.2) is 0 Å². The average Bonchev–Trinajstić information content (AvgIpc) is 2.55. The molecule has 3 rings (SSSR count). The number of hydrogen-bond donors (Lipinski definition) is 2. The van der Waals surface area contributed by atoms with Crippen molar-refractivity contribution in [1.82, 2.24) is 5.32 Å². The van der Waals surface area contributed by atoms with Gasteiger partial charge in [-0.3, -0.25) is 4.79 Å². The first kappa shape index (κ1) is 13.6. The largest absolute Gasteiger partial charge is 0.497 e. The number of rotatable bonds is 3. The van der Waals surface area contributed by atoms with Crippen molar-refractivity contribution in [1.29, 1.82) is 0 Å². The van der Waals surface area contributed by atoms with Crippen LogP contribution in [-0.2, 0) is 11.3 Å². The molecule has 0 aromatic heterocycles. The molecule has 0 saturated carbocycles. The second-order valence-corrected chi connectivity index (χ2v) is 5.10. The topological polar surface area (TPSA) is 50.4 Å². The van der Waals surface area contributed by atoms with Crippen molar-refractivity contribution in [3.63, 3.8) is 0 Å². The summed E-state index contributed by atoms with van der Waals surface area (Å²) in [6.07, 6.45) is 0. The monoisotopic (exact) mass is 282 g/mol. The van der Waals surface area contributed by atoms with Gasteiger partial charge in [-0.15, -0.1) is 0 Å². The lowest BCUT2D eigenvalue weighted by atomic mass is 9.90. The summed E-state index contributed by atoms with van der Waals surface area (Å²) >= 11 is 0. The molecule has 0 radical (unpaired) electrons. The summed E-state index contributed by atoms with van der Waals surface area (Å²) in [6, 6.07) is 15.5. The minimum absolute atomic E-state index is 0.0137. The highest BCUT2D eigenvalue weighted by molar-refractivity contribution is 5.96. The molecule has 0 saturated heterocycles. The van der Waals surface area contributed by atoms with Gasteiger partial charge in [0.1, 0.15) is 5.75 Å². The van der Waals surface area contributed by atoms with Crippen molar-refractivity contribution in [3.8, 4) is 5.75 Å². The minimum Gasteiger partial charge on any atom is -0.497 e. The molecule has 2 N–H and O–H groups in total. The van der Waals surface area contributed by atoms with E-state index in [2.05, 4.69) is 16.7 Å². The van der Waals surface area contributed by atoms with E-state index in [-0.39, 0.29) is 11.8 Å². The quantitative estimate of drug-likeness (QED) is 0.909. The van der Waals surface area contributed by atoms with E-state index in [1.807, 2.05) is 42.5 Å². The van der Waals surface area contributed by atoms with Gasteiger partial charge in [-0.2, -0.15) is 0 Å². The van der Waals surface area contributed by atoms with Crippen molar-refractivity contribution in [2.24, 2.45) is 0 Å². The van der Waals surface area contributed by atoms with Gasteiger partial charge in [-0.1, -0.05) is 24.3 Å². The summed E-state index contributed by atoms with van der Waals surface area (Å²) in [5.74, 6) is 0.634. The normalized spacial score (nSPS) is 16.9. The fourth-order valence-electron chi connectivity index (χ4n) is 2.63. The highest BCUT2D eigenvalue weighted by Crippen LogP contribution is 2.25. The number of methoxy groups -OCH3 is 1. The Morgan fingerprint density at radius 2 is 1.95 bits per heavy atom. The van der Waals surface area contributed by atoms with E-state index < -0.39 is 0 Å². The molecule has 108 valence electrons. The Labute approximate surface area is 124 Å². The number of fused-ring (bicyclic) bond motifs is 1. The Balaban J connectivity index is 1.76. The predicted octanol–water partition coefficient (Wildman–Crippen LogP) is 2.52. The Morgan fingerprint density at radius 1 is 1.19 bits per heavy atom. The zero-order valence-electron chi connectivity index (χ0n) is 11.9. The molecule has 0 aliphatic carbocycles. The van der Waals surface area contributed by atoms with E-state index in [9.17, 15) is 4.79 Å². The van der Waals surface area contributed by atoms with Gasteiger partial charge in [-0.05, 0) is 35.4 Å². The summed E-state index contributed by atoms with van der Waals surface area (Å²) in [6.45, 7) is 1.49. The molecule has 0 fully saturated rings. The smallest absolute Gasteiger partial charge is 0.233 e. The zero-order chi connectivity index (χ0) is 14.7. The summed E-state index contributed by atoms with van der Waals surface area (Å²) in [5.41, 5.74) is 3.09. The average molecular weight is 282 g/mol. The van der Waals surface area contributed by atoms with Crippen LogP contribution in [0.25, 0.3) is 0 Å². The molecule has 1 aliphatic heterocycles. The summed E-state index contributed by atoms with van der Waals surface area (Å²) in [4.78, 5) is 12.5. The van der Waals surface area contributed by atoms with E-state index in [0.29, 0.717) is 6.54 Å². The van der Waals surface area contributed by atoms with Gasteiger partial charge in [-0.25, -0.2) is 0 Å². The van der Waals surface area contributed by atoms with Crippen LogP contribution in [-0.4, -0.2) is 19.6 Å². The molecular formula is C17H18N2O2. The lowest BCUT2D eigenvalue weighted by molar-refractivity contribution is -0.117. The lowest BCUT2D eigenvalue weighted by Crippen LogP contribution is -2.35. The third kappa shape index (κ3) is 2.90. The van der Waals surface area contributed by atoms with Crippen molar-refractivity contribution in [2.45, 2.75) is 12.5 Å². The molecule has 1 amide bonds. The standard InChI is InChI=1S/C17H18N2O2/c1-21-14-8-6-13(7-9-14)19-17(20)16-11-18-10-12-4-2-3-5-15(12)16/h2-9,16,18H,10-11H2,1H3,(H,19,20). The molecule has 0 bridgehead atoms. The number of nitrogens with one attached hydrogen (secondary N) is 2. The summed E-state index contributed by atoms with van der Waals surface area (Å²) in [5, 5.41) is 6.26. The second-order valence-electron chi connectivity index (χ2n) is 5.10. The molecule has 1 unspecified atom stereocenters. The van der Waals surface area contributed by atoms with Gasteiger partial charge < -0.3 is 15.4 Å². The van der Waals surface area contributed by atoms with Crippen molar-refractivity contribution >= 4 is 11.6 Å². The lowest BCUT2D eigenvalue weighted by Gasteiger charge is -2.25. The molecule has 4 nitrogen and oxygen atoms in total. The first-order valence-electron chi connectivity index (χ1n) is 7.01. The summed E-state index contributed by atoms with van der Waals surface area (Å²) < 4.78 is 5.11. The van der Waals surface area contributed by atoms with Crippen molar-refractivity contribution < 1.29 is 9.53 Å². The summed E-state index contributed by atoms with van der Waals surface area (Å²) in [7, 11) is 1.62. The van der Waals surface area contributed by atoms with Crippen LogP contribution in [0.1, 0.15) is 17.0 Å². The van der Waals surface area contributed by atoms with Gasteiger partial charge in [0, 0.05) is 18.8 Å². The zero-order valence-corrected chi connectivity index (χ0v) is 11.9. The van der Waals surface area contributed by atoms with Crippen LogP contribution in [0.15, 0.2) is 48.5 Å². The third-order valence-electron chi connectivity index (χ3n) is 3.77. The van der Waals surface area contributed by atoms with Crippen LogP contribution >= 0.6 is 0 Å². The third-order valence-corrected chi connectivity index (χ3v) is 3.77. The Morgan fingerprint density at radius 3 is 2.71 bits per heavy atom. The van der Waals surface area contributed by atoms with Gasteiger partial charge >= 0.3 is 0 Å². The number of anilines is 1. The van der Waals surface area contributed by atoms with E-state index in [4.69, 9.17) is 4.74 Å². The number of carbonyl (C=O) groups excluding carboxylic acids is 1. The maximum absolute atomic E-state index is 12.5. The molecule has 2 aromatic carbocycles. The Hall–Kier alpha value is -2.33. The van der Waals surface area contributed by atoms with Gasteiger partial charge in [0.25, 0.3) is 0 Å². The highest BCUT2D eigenvalue weighted by atomic mass is 16.5. The van der Waals surface area contributed by atoms with E-state index in [0.717, 1.165) is 23.5 Å². The van der Waals surface area contributed by atoms with Crippen LogP contribution in [0.2, 0.25) is 0 Å². The molecule has 1 atom stereocenters. The second kappa shape index (κ2) is 5.97. The Kier molecular flexibility index (Phi) is 3.88.